The van der Waals surface area contributed by atoms with E-state index in [1.807, 2.05) is 11.1 Å². The lowest BCUT2D eigenvalue weighted by atomic mass is 9.94. The molecule has 0 radical (unpaired) electrons. The number of hydrogen-bond acceptors (Lipinski definition) is 5. The van der Waals surface area contributed by atoms with Crippen LogP contribution in [-0.4, -0.2) is 48.5 Å². The minimum atomic E-state index is 0. The molecule has 23 heavy (non-hydrogen) atoms. The Labute approximate surface area is 154 Å². The fourth-order valence-corrected chi connectivity index (χ4v) is 4.30. The second-order valence-electron chi connectivity index (χ2n) is 6.10. The number of thiazole rings is 1. The van der Waals surface area contributed by atoms with Crippen LogP contribution in [0.5, 0.6) is 0 Å². The van der Waals surface area contributed by atoms with Gasteiger partial charge in [-0.25, -0.2) is 4.98 Å². The summed E-state index contributed by atoms with van der Waals surface area (Å²) in [5.74, 6) is 0.902. The first-order chi connectivity index (χ1) is 10.2. The van der Waals surface area contributed by atoms with Gasteiger partial charge in [0.2, 0.25) is 5.91 Å². The molecule has 1 aliphatic carbocycles. The predicted octanol–water partition coefficient (Wildman–Crippen LogP) is 2.32. The number of rotatable bonds is 3. The van der Waals surface area contributed by atoms with Gasteiger partial charge in [-0.05, 0) is 32.2 Å². The van der Waals surface area contributed by atoms with Gasteiger partial charge in [-0.15, -0.1) is 36.2 Å². The predicted molar refractivity (Wildman–Crippen MR) is 100 cm³/mol. The Morgan fingerprint density at radius 1 is 1.30 bits per heavy atom. The van der Waals surface area contributed by atoms with Gasteiger partial charge in [0, 0.05) is 43.2 Å². The summed E-state index contributed by atoms with van der Waals surface area (Å²) in [6.45, 7) is 6.12. The highest BCUT2D eigenvalue weighted by Crippen LogP contribution is 2.33. The second-order valence-corrected chi connectivity index (χ2v) is 7.31. The first kappa shape index (κ1) is 20.5. The molecule has 2 N–H and O–H groups in total. The Kier molecular flexibility index (Phi) is 8.07. The van der Waals surface area contributed by atoms with Crippen LogP contribution in [0.3, 0.4) is 0 Å². The number of halogens is 2. The number of hydrogen-bond donors (Lipinski definition) is 1. The summed E-state index contributed by atoms with van der Waals surface area (Å²) in [6, 6.07) is 0. The molecule has 0 unspecified atom stereocenters. The zero-order valence-corrected chi connectivity index (χ0v) is 15.9. The van der Waals surface area contributed by atoms with Gasteiger partial charge in [-0.3, -0.25) is 4.79 Å². The number of nitrogens with two attached hydrogens (primary N) is 1. The van der Waals surface area contributed by atoms with Crippen molar-refractivity contribution in [3.63, 3.8) is 0 Å². The molecule has 0 aromatic carbocycles. The Morgan fingerprint density at radius 2 is 2.00 bits per heavy atom. The van der Waals surface area contributed by atoms with Crippen LogP contribution in [0.15, 0.2) is 6.20 Å². The molecule has 1 aromatic heterocycles. The fraction of sp³-hybridized carbons (Fsp3) is 0.733. The Morgan fingerprint density at radius 3 is 2.57 bits per heavy atom. The molecule has 8 heteroatoms. The molecule has 2 aliphatic rings. The van der Waals surface area contributed by atoms with E-state index < -0.39 is 0 Å². The molecule has 1 amide bonds. The monoisotopic (exact) mass is 380 g/mol. The molecule has 1 saturated heterocycles. The minimum Gasteiger partial charge on any atom is -0.345 e. The standard InChI is InChI=1S/C15H24N4OS.2ClH/c1-11-10-17-15(21-11)19-7-5-18(6-8-19)14(20)13-4-2-3-12(13)9-16;;/h10,12-13H,2-9,16H2,1H3;2*1H/t12-,13-;;/m1../s1. The van der Waals surface area contributed by atoms with E-state index in [-0.39, 0.29) is 30.7 Å². The maximum absolute atomic E-state index is 12.7. The summed E-state index contributed by atoms with van der Waals surface area (Å²) in [5.41, 5.74) is 5.81. The van der Waals surface area contributed by atoms with Gasteiger partial charge >= 0.3 is 0 Å². The van der Waals surface area contributed by atoms with Crippen molar-refractivity contribution in [1.29, 1.82) is 0 Å². The third kappa shape index (κ3) is 4.50. The van der Waals surface area contributed by atoms with Crippen molar-refractivity contribution in [2.24, 2.45) is 17.6 Å². The molecule has 2 fully saturated rings. The van der Waals surface area contributed by atoms with Crippen molar-refractivity contribution in [3.8, 4) is 0 Å². The van der Waals surface area contributed by atoms with E-state index in [2.05, 4.69) is 16.8 Å². The van der Waals surface area contributed by atoms with Gasteiger partial charge < -0.3 is 15.5 Å². The highest BCUT2D eigenvalue weighted by molar-refractivity contribution is 7.15. The average molecular weight is 381 g/mol. The van der Waals surface area contributed by atoms with E-state index in [1.165, 1.54) is 4.88 Å². The van der Waals surface area contributed by atoms with Crippen LogP contribution in [0.4, 0.5) is 5.13 Å². The van der Waals surface area contributed by atoms with Gasteiger partial charge in [-0.1, -0.05) is 6.42 Å². The number of amides is 1. The van der Waals surface area contributed by atoms with Crippen molar-refractivity contribution in [2.75, 3.05) is 37.6 Å². The lowest BCUT2D eigenvalue weighted by Crippen LogP contribution is -2.51. The third-order valence-electron chi connectivity index (χ3n) is 4.75. The summed E-state index contributed by atoms with van der Waals surface area (Å²) >= 11 is 1.73. The Bertz CT molecular complexity index is 505. The summed E-state index contributed by atoms with van der Waals surface area (Å²) in [7, 11) is 0. The molecule has 1 aromatic rings. The molecule has 3 rings (SSSR count). The molecular formula is C15H26Cl2N4OS. The van der Waals surface area contributed by atoms with Crippen molar-refractivity contribution in [1.82, 2.24) is 9.88 Å². The highest BCUT2D eigenvalue weighted by Gasteiger charge is 2.35. The summed E-state index contributed by atoms with van der Waals surface area (Å²) in [4.78, 5) is 22.7. The lowest BCUT2D eigenvalue weighted by Gasteiger charge is -2.36. The topological polar surface area (TPSA) is 62.5 Å². The van der Waals surface area contributed by atoms with Crippen LogP contribution in [-0.2, 0) is 4.79 Å². The SMILES string of the molecule is Cc1cnc(N2CCN(C(=O)[C@@H]3CCC[C@@H]3CN)CC2)s1.Cl.Cl. The quantitative estimate of drug-likeness (QED) is 0.873. The van der Waals surface area contributed by atoms with E-state index in [4.69, 9.17) is 5.73 Å². The number of nitrogens with zero attached hydrogens (tertiary/aromatic N) is 3. The Balaban J connectivity index is 0.00000132. The van der Waals surface area contributed by atoms with Crippen molar-refractivity contribution < 1.29 is 4.79 Å². The number of aryl methyl sites for hydroxylation is 1. The highest BCUT2D eigenvalue weighted by atomic mass is 35.5. The van der Waals surface area contributed by atoms with Crippen LogP contribution in [0.2, 0.25) is 0 Å². The third-order valence-corrected chi connectivity index (χ3v) is 5.72. The first-order valence-corrected chi connectivity index (χ1v) is 8.67. The van der Waals surface area contributed by atoms with Gasteiger partial charge in [0.1, 0.15) is 0 Å². The molecule has 0 bridgehead atoms. The largest absolute Gasteiger partial charge is 0.345 e. The Hall–Kier alpha value is -0.560. The number of piperazine rings is 1. The van der Waals surface area contributed by atoms with Crippen LogP contribution in [0.25, 0.3) is 0 Å². The second kappa shape index (κ2) is 9.06. The number of aromatic nitrogens is 1. The molecule has 0 spiro atoms. The smallest absolute Gasteiger partial charge is 0.226 e. The summed E-state index contributed by atoms with van der Waals surface area (Å²) in [5, 5.41) is 1.08. The molecule has 132 valence electrons. The molecule has 5 nitrogen and oxygen atoms in total. The molecule has 1 aliphatic heterocycles. The summed E-state index contributed by atoms with van der Waals surface area (Å²) < 4.78 is 0. The van der Waals surface area contributed by atoms with Crippen molar-refractivity contribution in [2.45, 2.75) is 26.2 Å². The fourth-order valence-electron chi connectivity index (χ4n) is 3.49. The summed E-state index contributed by atoms with van der Waals surface area (Å²) in [6.07, 6.45) is 5.20. The van der Waals surface area contributed by atoms with E-state index in [0.717, 1.165) is 50.6 Å². The lowest BCUT2D eigenvalue weighted by molar-refractivity contribution is -0.136. The van der Waals surface area contributed by atoms with Gasteiger partial charge in [-0.2, -0.15) is 0 Å². The van der Waals surface area contributed by atoms with Crippen LogP contribution < -0.4 is 10.6 Å². The zero-order chi connectivity index (χ0) is 14.8. The number of carbonyl (C=O) groups excluding carboxylic acids is 1. The molecular weight excluding hydrogens is 355 g/mol. The van der Waals surface area contributed by atoms with Crippen LogP contribution in [0.1, 0.15) is 24.1 Å². The first-order valence-electron chi connectivity index (χ1n) is 7.85. The van der Waals surface area contributed by atoms with Gasteiger partial charge in [0.25, 0.3) is 0 Å². The normalized spacial score (nSPS) is 24.1. The van der Waals surface area contributed by atoms with Crippen molar-refractivity contribution >= 4 is 47.2 Å². The van der Waals surface area contributed by atoms with Gasteiger partial charge in [0.15, 0.2) is 5.13 Å². The number of anilines is 1. The van der Waals surface area contributed by atoms with Crippen LogP contribution in [0, 0.1) is 18.8 Å². The van der Waals surface area contributed by atoms with E-state index in [9.17, 15) is 4.79 Å². The van der Waals surface area contributed by atoms with Crippen molar-refractivity contribution in [3.05, 3.63) is 11.1 Å². The van der Waals surface area contributed by atoms with E-state index in [0.29, 0.717) is 18.4 Å². The minimum absolute atomic E-state index is 0. The molecule has 2 atom stereocenters. The molecule has 2 heterocycles. The zero-order valence-electron chi connectivity index (χ0n) is 13.4. The van der Waals surface area contributed by atoms with Crippen LogP contribution >= 0.6 is 36.2 Å². The average Bonchev–Trinajstić information content (AvgIpc) is 3.15. The maximum Gasteiger partial charge on any atom is 0.226 e. The maximum atomic E-state index is 12.7. The number of carbonyl (C=O) groups is 1. The van der Waals surface area contributed by atoms with Gasteiger partial charge in [0.05, 0.1) is 0 Å². The molecule has 1 saturated carbocycles. The van der Waals surface area contributed by atoms with E-state index >= 15 is 0 Å². The van der Waals surface area contributed by atoms with E-state index in [1.54, 1.807) is 11.3 Å².